The van der Waals surface area contributed by atoms with Gasteiger partial charge >= 0.3 is 6.18 Å². The van der Waals surface area contributed by atoms with Crippen molar-refractivity contribution in [1.82, 2.24) is 4.72 Å². The van der Waals surface area contributed by atoms with E-state index in [1.807, 2.05) is 0 Å². The zero-order valence-electron chi connectivity index (χ0n) is 13.0. The number of hydrogen-bond donors (Lipinski definition) is 1. The molecule has 1 aromatic rings. The third-order valence-electron chi connectivity index (χ3n) is 3.67. The van der Waals surface area contributed by atoms with E-state index in [1.54, 1.807) is 4.72 Å². The number of hydrogen-bond acceptors (Lipinski definition) is 5. The molecule has 1 fully saturated rings. The Kier molecular flexibility index (Phi) is 5.69. The fraction of sp³-hybridized carbons (Fsp3) is 0.467. The average Bonchev–Trinajstić information content (AvgIpc) is 3.04. The predicted molar refractivity (Wildman–Crippen MR) is 79.7 cm³/mol. The minimum absolute atomic E-state index is 0.144. The Morgan fingerprint density at radius 2 is 2.12 bits per heavy atom. The number of halogens is 3. The Labute approximate surface area is 142 Å². The van der Waals surface area contributed by atoms with Crippen molar-refractivity contribution in [3.8, 4) is 6.07 Å². The Hall–Kier alpha value is -2.12. The van der Waals surface area contributed by atoms with Gasteiger partial charge in [-0.05, 0) is 37.5 Å². The van der Waals surface area contributed by atoms with Gasteiger partial charge in [0.2, 0.25) is 5.91 Å². The first-order valence-electron chi connectivity index (χ1n) is 7.42. The first-order valence-corrected chi connectivity index (χ1v) is 8.90. The normalized spacial score (nSPS) is 17.9. The van der Waals surface area contributed by atoms with E-state index in [0.717, 1.165) is 18.9 Å². The Bertz CT molecular complexity index is 794. The molecule has 1 atom stereocenters. The van der Waals surface area contributed by atoms with E-state index in [2.05, 4.69) is 0 Å². The highest BCUT2D eigenvalue weighted by atomic mass is 32.2. The third-order valence-corrected chi connectivity index (χ3v) is 5.10. The summed E-state index contributed by atoms with van der Waals surface area (Å²) in [7, 11) is -4.71. The summed E-state index contributed by atoms with van der Waals surface area (Å²) < 4.78 is 70.5. The van der Waals surface area contributed by atoms with Crippen molar-refractivity contribution >= 4 is 15.9 Å². The van der Waals surface area contributed by atoms with E-state index in [0.29, 0.717) is 25.2 Å². The molecular weight excluding hydrogens is 361 g/mol. The van der Waals surface area contributed by atoms with Crippen LogP contribution in [0.15, 0.2) is 23.1 Å². The van der Waals surface area contributed by atoms with Crippen LogP contribution in [-0.2, 0) is 25.7 Å². The lowest BCUT2D eigenvalue weighted by atomic mass is 10.1. The lowest BCUT2D eigenvalue weighted by molar-refractivity contribution is -0.140. The second-order valence-corrected chi connectivity index (χ2v) is 7.17. The van der Waals surface area contributed by atoms with Crippen molar-refractivity contribution in [3.05, 3.63) is 29.3 Å². The van der Waals surface area contributed by atoms with Crippen LogP contribution in [0.1, 0.15) is 36.8 Å². The molecule has 6 nitrogen and oxygen atoms in total. The Morgan fingerprint density at radius 3 is 2.68 bits per heavy atom. The number of nitrogens with zero attached hydrogens (tertiary/aromatic N) is 1. The maximum Gasteiger partial charge on any atom is 0.417 e. The van der Waals surface area contributed by atoms with Crippen LogP contribution >= 0.6 is 0 Å². The molecule has 136 valence electrons. The summed E-state index contributed by atoms with van der Waals surface area (Å²) in [5.74, 6) is -0.909. The molecule has 0 spiro atoms. The molecule has 0 aliphatic carbocycles. The molecule has 2 rings (SSSR count). The van der Waals surface area contributed by atoms with Crippen LogP contribution < -0.4 is 4.72 Å². The smallest absolute Gasteiger partial charge is 0.378 e. The first kappa shape index (κ1) is 19.2. The number of ether oxygens (including phenoxy) is 1. The molecule has 1 aromatic carbocycles. The van der Waals surface area contributed by atoms with E-state index >= 15 is 0 Å². The number of nitrogens with one attached hydrogen (secondary N) is 1. The van der Waals surface area contributed by atoms with Crippen LogP contribution in [0.2, 0.25) is 0 Å². The topological polar surface area (TPSA) is 96.3 Å². The SMILES string of the molecule is N#Cc1ccc(S(=O)(=O)NC(=O)CC[C@H]2CCCO2)c(C(F)(F)F)c1. The Morgan fingerprint density at radius 1 is 1.40 bits per heavy atom. The van der Waals surface area contributed by atoms with Gasteiger partial charge in [-0.3, -0.25) is 4.79 Å². The fourth-order valence-electron chi connectivity index (χ4n) is 2.48. The molecule has 1 saturated heterocycles. The molecule has 1 amide bonds. The van der Waals surface area contributed by atoms with E-state index in [-0.39, 0.29) is 18.1 Å². The van der Waals surface area contributed by atoms with Gasteiger partial charge in [0.1, 0.15) is 0 Å². The summed E-state index contributed by atoms with van der Waals surface area (Å²) in [4.78, 5) is 10.7. The van der Waals surface area contributed by atoms with E-state index in [9.17, 15) is 26.4 Å². The average molecular weight is 376 g/mol. The molecule has 0 saturated carbocycles. The van der Waals surface area contributed by atoms with E-state index < -0.39 is 32.6 Å². The number of amides is 1. The lowest BCUT2D eigenvalue weighted by Gasteiger charge is -2.14. The monoisotopic (exact) mass is 376 g/mol. The molecule has 10 heteroatoms. The highest BCUT2D eigenvalue weighted by Gasteiger charge is 2.38. The Balaban J connectivity index is 2.18. The summed E-state index contributed by atoms with van der Waals surface area (Å²) in [5.41, 5.74) is -1.83. The van der Waals surface area contributed by atoms with Crippen LogP contribution in [0.5, 0.6) is 0 Å². The molecule has 1 N–H and O–H groups in total. The number of rotatable bonds is 5. The van der Waals surface area contributed by atoms with Crippen LogP contribution in [0.4, 0.5) is 13.2 Å². The zero-order valence-corrected chi connectivity index (χ0v) is 13.8. The number of carbonyl (C=O) groups excluding carboxylic acids is 1. The summed E-state index contributed by atoms with van der Waals surface area (Å²) >= 11 is 0. The van der Waals surface area contributed by atoms with E-state index in [4.69, 9.17) is 10.00 Å². The molecule has 1 aliphatic heterocycles. The minimum Gasteiger partial charge on any atom is -0.378 e. The van der Waals surface area contributed by atoms with Gasteiger partial charge in [-0.15, -0.1) is 0 Å². The number of carbonyl (C=O) groups is 1. The molecule has 0 aromatic heterocycles. The second kappa shape index (κ2) is 7.41. The molecule has 1 aliphatic rings. The summed E-state index contributed by atoms with van der Waals surface area (Å²) in [6.45, 7) is 0.574. The summed E-state index contributed by atoms with van der Waals surface area (Å²) in [5, 5.41) is 8.69. The minimum atomic E-state index is -4.99. The molecule has 0 radical (unpaired) electrons. The van der Waals surface area contributed by atoms with Gasteiger partial charge in [0.05, 0.1) is 28.2 Å². The molecule has 25 heavy (non-hydrogen) atoms. The molecule has 1 heterocycles. The zero-order chi connectivity index (χ0) is 18.7. The largest absolute Gasteiger partial charge is 0.417 e. The number of benzene rings is 1. The summed E-state index contributed by atoms with van der Waals surface area (Å²) in [6, 6.07) is 3.56. The van der Waals surface area contributed by atoms with Gasteiger partial charge in [-0.2, -0.15) is 18.4 Å². The van der Waals surface area contributed by atoms with Crippen LogP contribution in [-0.4, -0.2) is 27.0 Å². The number of alkyl halides is 3. The van der Waals surface area contributed by atoms with Gasteiger partial charge in [-0.25, -0.2) is 13.1 Å². The highest BCUT2D eigenvalue weighted by molar-refractivity contribution is 7.90. The molecule has 0 unspecified atom stereocenters. The van der Waals surface area contributed by atoms with Crippen LogP contribution in [0.25, 0.3) is 0 Å². The standard InChI is InChI=1S/C15H15F3N2O4S/c16-15(17,18)12-8-10(9-19)3-5-13(12)25(22,23)20-14(21)6-4-11-2-1-7-24-11/h3,5,8,11H,1-2,4,6-7H2,(H,20,21)/t11-/m1/s1. The van der Waals surface area contributed by atoms with Crippen molar-refractivity contribution in [3.63, 3.8) is 0 Å². The van der Waals surface area contributed by atoms with Gasteiger partial charge in [0.25, 0.3) is 10.0 Å². The molecular formula is C15H15F3N2O4S. The van der Waals surface area contributed by atoms with Crippen molar-refractivity contribution in [2.45, 2.75) is 42.9 Å². The van der Waals surface area contributed by atoms with Crippen molar-refractivity contribution in [2.75, 3.05) is 6.61 Å². The van der Waals surface area contributed by atoms with Gasteiger partial charge in [-0.1, -0.05) is 0 Å². The molecule has 0 bridgehead atoms. The van der Waals surface area contributed by atoms with Crippen molar-refractivity contribution in [1.29, 1.82) is 5.26 Å². The van der Waals surface area contributed by atoms with Crippen molar-refractivity contribution < 1.29 is 31.1 Å². The maximum atomic E-state index is 13.1. The summed E-state index contributed by atoms with van der Waals surface area (Å²) in [6.07, 6.45) is -3.41. The first-order chi connectivity index (χ1) is 11.6. The van der Waals surface area contributed by atoms with Gasteiger partial charge < -0.3 is 4.74 Å². The van der Waals surface area contributed by atoms with Gasteiger partial charge in [0.15, 0.2) is 0 Å². The number of sulfonamides is 1. The number of nitriles is 1. The highest BCUT2D eigenvalue weighted by Crippen LogP contribution is 2.34. The predicted octanol–water partition coefficient (Wildman–Crippen LogP) is 2.34. The van der Waals surface area contributed by atoms with Crippen LogP contribution in [0.3, 0.4) is 0 Å². The maximum absolute atomic E-state index is 13.1. The van der Waals surface area contributed by atoms with E-state index in [1.165, 1.54) is 6.07 Å². The van der Waals surface area contributed by atoms with Gasteiger partial charge in [0, 0.05) is 13.0 Å². The van der Waals surface area contributed by atoms with Crippen molar-refractivity contribution in [2.24, 2.45) is 0 Å². The second-order valence-electron chi connectivity index (χ2n) is 5.52. The fourth-order valence-corrected chi connectivity index (χ4v) is 3.70. The van der Waals surface area contributed by atoms with Crippen LogP contribution in [0, 0.1) is 11.3 Å². The lowest BCUT2D eigenvalue weighted by Crippen LogP contribution is -2.32. The third kappa shape index (κ3) is 4.93. The quantitative estimate of drug-likeness (QED) is 0.851.